The van der Waals surface area contributed by atoms with Gasteiger partial charge in [-0.3, -0.25) is 14.9 Å². The Labute approximate surface area is 154 Å². The van der Waals surface area contributed by atoms with Crippen molar-refractivity contribution in [1.82, 2.24) is 0 Å². The minimum absolute atomic E-state index is 0.0409. The van der Waals surface area contributed by atoms with Crippen molar-refractivity contribution in [2.75, 3.05) is 19.0 Å². The molecule has 1 aliphatic rings. The van der Waals surface area contributed by atoms with Crippen molar-refractivity contribution in [3.63, 3.8) is 0 Å². The second-order valence-electron chi connectivity index (χ2n) is 7.37. The Morgan fingerprint density at radius 3 is 2.73 bits per heavy atom. The van der Waals surface area contributed by atoms with Crippen molar-refractivity contribution in [1.29, 1.82) is 0 Å². The molecule has 1 aromatic carbocycles. The molecule has 7 heteroatoms. The van der Waals surface area contributed by atoms with Crippen LogP contribution in [0.5, 0.6) is 5.75 Å². The average molecular weight is 364 g/mol. The normalized spacial score (nSPS) is 22.9. The van der Waals surface area contributed by atoms with Gasteiger partial charge in [0.1, 0.15) is 12.4 Å². The number of nitrogens with one attached hydrogen (secondary N) is 1. The van der Waals surface area contributed by atoms with Crippen LogP contribution in [0.1, 0.15) is 40.0 Å². The second-order valence-corrected chi connectivity index (χ2v) is 7.37. The number of carbonyl (C=O) groups excluding carboxylic acids is 1. The molecule has 1 saturated carbocycles. The SMILES string of the molecule is COc1cc([N+](=O)[O-])ccc1NC(=O)COC1CC(C)CCC1C(C)C. The minimum atomic E-state index is -0.506. The van der Waals surface area contributed by atoms with E-state index < -0.39 is 4.92 Å². The summed E-state index contributed by atoms with van der Waals surface area (Å²) in [4.78, 5) is 22.6. The maximum atomic E-state index is 12.3. The molecule has 3 unspecified atom stereocenters. The smallest absolute Gasteiger partial charge is 0.273 e. The zero-order chi connectivity index (χ0) is 19.3. The van der Waals surface area contributed by atoms with E-state index >= 15 is 0 Å². The van der Waals surface area contributed by atoms with Crippen molar-refractivity contribution in [2.24, 2.45) is 17.8 Å². The molecule has 0 spiro atoms. The van der Waals surface area contributed by atoms with Gasteiger partial charge in [0.15, 0.2) is 0 Å². The first kappa shape index (κ1) is 20.2. The summed E-state index contributed by atoms with van der Waals surface area (Å²) in [6.07, 6.45) is 3.39. The van der Waals surface area contributed by atoms with Gasteiger partial charge in [0.2, 0.25) is 5.91 Å². The molecule has 0 heterocycles. The minimum Gasteiger partial charge on any atom is -0.494 e. The maximum Gasteiger partial charge on any atom is 0.273 e. The molecule has 0 aliphatic heterocycles. The van der Waals surface area contributed by atoms with Gasteiger partial charge < -0.3 is 14.8 Å². The summed E-state index contributed by atoms with van der Waals surface area (Å²) >= 11 is 0. The average Bonchev–Trinajstić information content (AvgIpc) is 2.59. The zero-order valence-corrected chi connectivity index (χ0v) is 15.9. The lowest BCUT2D eigenvalue weighted by Gasteiger charge is -2.37. The van der Waals surface area contributed by atoms with Crippen molar-refractivity contribution < 1.29 is 19.2 Å². The molecule has 3 atom stereocenters. The zero-order valence-electron chi connectivity index (χ0n) is 15.9. The van der Waals surface area contributed by atoms with Crippen LogP contribution in [0.15, 0.2) is 18.2 Å². The van der Waals surface area contributed by atoms with Gasteiger partial charge in [-0.2, -0.15) is 0 Å². The van der Waals surface area contributed by atoms with Crippen LogP contribution in [-0.2, 0) is 9.53 Å². The lowest BCUT2D eigenvalue weighted by atomic mass is 9.75. The Kier molecular flexibility index (Phi) is 6.97. The number of nitrogens with zero attached hydrogens (tertiary/aromatic N) is 1. The van der Waals surface area contributed by atoms with Gasteiger partial charge >= 0.3 is 0 Å². The number of amides is 1. The predicted molar refractivity (Wildman–Crippen MR) is 99.4 cm³/mol. The summed E-state index contributed by atoms with van der Waals surface area (Å²) in [6.45, 7) is 6.56. The number of hydrogen-bond acceptors (Lipinski definition) is 5. The standard InChI is InChI=1S/C19H28N2O5/c1-12(2)15-7-5-13(3)9-17(15)26-11-19(22)20-16-8-6-14(21(23)24)10-18(16)25-4/h6,8,10,12-13,15,17H,5,7,9,11H2,1-4H3,(H,20,22). The molecule has 26 heavy (non-hydrogen) atoms. The van der Waals surface area contributed by atoms with Crippen LogP contribution < -0.4 is 10.1 Å². The summed E-state index contributed by atoms with van der Waals surface area (Å²) < 4.78 is 11.1. The topological polar surface area (TPSA) is 90.7 Å². The third kappa shape index (κ3) is 5.17. The van der Waals surface area contributed by atoms with E-state index in [4.69, 9.17) is 9.47 Å². The molecule has 1 amide bonds. The van der Waals surface area contributed by atoms with Crippen molar-refractivity contribution in [3.05, 3.63) is 28.3 Å². The van der Waals surface area contributed by atoms with Crippen LogP contribution in [0.25, 0.3) is 0 Å². The Morgan fingerprint density at radius 1 is 1.38 bits per heavy atom. The van der Waals surface area contributed by atoms with E-state index in [0.717, 1.165) is 12.8 Å². The summed E-state index contributed by atoms with van der Waals surface area (Å²) in [5, 5.41) is 13.5. The fourth-order valence-corrected chi connectivity index (χ4v) is 3.57. The number of nitro benzene ring substituents is 1. The van der Waals surface area contributed by atoms with Crippen LogP contribution in [0, 0.1) is 27.9 Å². The van der Waals surface area contributed by atoms with Gasteiger partial charge in [-0.25, -0.2) is 0 Å². The van der Waals surface area contributed by atoms with E-state index in [9.17, 15) is 14.9 Å². The molecule has 7 nitrogen and oxygen atoms in total. The molecule has 2 rings (SSSR count). The third-order valence-electron chi connectivity index (χ3n) is 5.06. The molecule has 0 bridgehead atoms. The van der Waals surface area contributed by atoms with Crippen LogP contribution in [0.4, 0.5) is 11.4 Å². The van der Waals surface area contributed by atoms with Crippen molar-refractivity contribution in [2.45, 2.75) is 46.1 Å². The van der Waals surface area contributed by atoms with Crippen molar-refractivity contribution in [3.8, 4) is 5.75 Å². The maximum absolute atomic E-state index is 12.3. The van der Waals surface area contributed by atoms with Gasteiger partial charge in [0.25, 0.3) is 5.69 Å². The number of carbonyl (C=O) groups is 1. The molecule has 1 N–H and O–H groups in total. The number of anilines is 1. The monoisotopic (exact) mass is 364 g/mol. The summed E-state index contributed by atoms with van der Waals surface area (Å²) in [5.74, 6) is 1.54. The molecule has 0 aromatic heterocycles. The molecule has 1 aromatic rings. The van der Waals surface area contributed by atoms with Crippen molar-refractivity contribution >= 4 is 17.3 Å². The predicted octanol–water partition coefficient (Wildman–Crippen LogP) is 4.02. The van der Waals surface area contributed by atoms with Crippen LogP contribution in [0.3, 0.4) is 0 Å². The molecular weight excluding hydrogens is 336 g/mol. The van der Waals surface area contributed by atoms with E-state index in [1.54, 1.807) is 0 Å². The second kappa shape index (κ2) is 8.98. The first-order valence-electron chi connectivity index (χ1n) is 9.05. The van der Waals surface area contributed by atoms with Gasteiger partial charge in [0.05, 0.1) is 29.9 Å². The quantitative estimate of drug-likeness (QED) is 0.583. The van der Waals surface area contributed by atoms with Gasteiger partial charge in [0, 0.05) is 6.07 Å². The van der Waals surface area contributed by atoms with Crippen LogP contribution >= 0.6 is 0 Å². The van der Waals surface area contributed by atoms with E-state index in [1.165, 1.54) is 31.7 Å². The number of hydrogen-bond donors (Lipinski definition) is 1. The van der Waals surface area contributed by atoms with E-state index in [-0.39, 0.29) is 30.1 Å². The number of ether oxygens (including phenoxy) is 2. The lowest BCUT2D eigenvalue weighted by molar-refractivity contribution is -0.384. The van der Waals surface area contributed by atoms with Gasteiger partial charge in [-0.1, -0.05) is 27.2 Å². The number of benzene rings is 1. The number of rotatable bonds is 7. The molecule has 144 valence electrons. The number of non-ortho nitro benzene ring substituents is 1. The Bertz CT molecular complexity index is 647. The third-order valence-corrected chi connectivity index (χ3v) is 5.06. The van der Waals surface area contributed by atoms with Gasteiger partial charge in [-0.05, 0) is 36.7 Å². The highest BCUT2D eigenvalue weighted by molar-refractivity contribution is 5.93. The van der Waals surface area contributed by atoms with E-state index in [0.29, 0.717) is 23.4 Å². The first-order valence-corrected chi connectivity index (χ1v) is 9.05. The molecule has 1 aliphatic carbocycles. The summed E-state index contributed by atoms with van der Waals surface area (Å²) in [6, 6.07) is 4.08. The first-order chi connectivity index (χ1) is 12.3. The summed E-state index contributed by atoms with van der Waals surface area (Å²) in [5.41, 5.74) is 0.302. The molecule has 0 radical (unpaired) electrons. The highest BCUT2D eigenvalue weighted by atomic mass is 16.6. The fourth-order valence-electron chi connectivity index (χ4n) is 3.57. The highest BCUT2D eigenvalue weighted by Gasteiger charge is 2.31. The lowest BCUT2D eigenvalue weighted by Crippen LogP contribution is -2.36. The van der Waals surface area contributed by atoms with E-state index in [2.05, 4.69) is 26.1 Å². The Hall–Kier alpha value is -2.15. The Balaban J connectivity index is 1.97. The molecular formula is C19H28N2O5. The van der Waals surface area contributed by atoms with Gasteiger partial charge in [-0.15, -0.1) is 0 Å². The van der Waals surface area contributed by atoms with Crippen LogP contribution in [-0.4, -0.2) is 30.7 Å². The number of methoxy groups -OCH3 is 1. The fraction of sp³-hybridized carbons (Fsp3) is 0.632. The number of nitro groups is 1. The highest BCUT2D eigenvalue weighted by Crippen LogP contribution is 2.35. The van der Waals surface area contributed by atoms with Crippen LogP contribution in [0.2, 0.25) is 0 Å². The Morgan fingerprint density at radius 2 is 2.12 bits per heavy atom. The largest absolute Gasteiger partial charge is 0.494 e. The molecule has 0 saturated heterocycles. The molecule has 1 fully saturated rings. The summed E-state index contributed by atoms with van der Waals surface area (Å²) in [7, 11) is 1.40. The van der Waals surface area contributed by atoms with E-state index in [1.807, 2.05) is 0 Å².